The first kappa shape index (κ1) is 23.1. The summed E-state index contributed by atoms with van der Waals surface area (Å²) in [4.78, 5) is 21.9. The van der Waals surface area contributed by atoms with Crippen molar-refractivity contribution in [2.45, 2.75) is 33.7 Å². The summed E-state index contributed by atoms with van der Waals surface area (Å²) in [5.74, 6) is -0.126. The summed E-state index contributed by atoms with van der Waals surface area (Å²) in [5.41, 5.74) is 6.91. The SMILES string of the molecule is CCc1nc2c(C)cc(C)nc2n1Cc1ccc(C(=C(C(=O)O)c2nn[nH]n2)c2ccccc2)cc1. The van der Waals surface area contributed by atoms with Gasteiger partial charge in [0.15, 0.2) is 5.65 Å². The van der Waals surface area contributed by atoms with E-state index in [9.17, 15) is 9.90 Å². The molecule has 36 heavy (non-hydrogen) atoms. The van der Waals surface area contributed by atoms with Gasteiger partial charge in [0.2, 0.25) is 5.82 Å². The Morgan fingerprint density at radius 1 is 1.00 bits per heavy atom. The topological polar surface area (TPSA) is 122 Å². The highest BCUT2D eigenvalue weighted by Gasteiger charge is 2.23. The summed E-state index contributed by atoms with van der Waals surface area (Å²) in [6, 6.07) is 19.3. The summed E-state index contributed by atoms with van der Waals surface area (Å²) in [6.45, 7) is 6.75. The Labute approximate surface area is 207 Å². The van der Waals surface area contributed by atoms with Crippen molar-refractivity contribution in [2.75, 3.05) is 0 Å². The molecule has 180 valence electrons. The number of hydrogen-bond donors (Lipinski definition) is 2. The van der Waals surface area contributed by atoms with Crippen LogP contribution < -0.4 is 0 Å². The van der Waals surface area contributed by atoms with E-state index in [1.807, 2.05) is 61.5 Å². The molecule has 9 heteroatoms. The number of aryl methyl sites for hydroxylation is 3. The first-order valence-corrected chi connectivity index (χ1v) is 11.7. The van der Waals surface area contributed by atoms with Crippen LogP contribution in [0.15, 0.2) is 60.7 Å². The van der Waals surface area contributed by atoms with Crippen LogP contribution in [0.3, 0.4) is 0 Å². The van der Waals surface area contributed by atoms with Crippen molar-refractivity contribution >= 4 is 28.3 Å². The number of carboxylic acids is 1. The van der Waals surface area contributed by atoms with Gasteiger partial charge >= 0.3 is 5.97 Å². The number of tetrazole rings is 1. The van der Waals surface area contributed by atoms with Gasteiger partial charge in [-0.15, -0.1) is 10.2 Å². The molecule has 3 aromatic heterocycles. The number of fused-ring (bicyclic) bond motifs is 1. The molecule has 0 spiro atoms. The maximum Gasteiger partial charge on any atom is 0.340 e. The van der Waals surface area contributed by atoms with E-state index in [-0.39, 0.29) is 11.4 Å². The third kappa shape index (κ3) is 4.26. The molecule has 2 N–H and O–H groups in total. The van der Waals surface area contributed by atoms with E-state index in [4.69, 9.17) is 9.97 Å². The smallest absolute Gasteiger partial charge is 0.340 e. The van der Waals surface area contributed by atoms with Crippen molar-refractivity contribution in [1.29, 1.82) is 0 Å². The molecule has 0 fully saturated rings. The lowest BCUT2D eigenvalue weighted by Crippen LogP contribution is -2.07. The van der Waals surface area contributed by atoms with Gasteiger partial charge in [0.1, 0.15) is 16.9 Å². The van der Waals surface area contributed by atoms with E-state index in [0.717, 1.165) is 51.4 Å². The fourth-order valence-electron chi connectivity index (χ4n) is 4.49. The molecule has 2 aromatic carbocycles. The van der Waals surface area contributed by atoms with Gasteiger partial charge in [-0.25, -0.2) is 14.8 Å². The fraction of sp³-hybridized carbons (Fsp3) is 0.185. The largest absolute Gasteiger partial charge is 0.478 e. The van der Waals surface area contributed by atoms with Gasteiger partial charge in [-0.3, -0.25) is 0 Å². The molecule has 3 heterocycles. The van der Waals surface area contributed by atoms with Crippen LogP contribution in [-0.4, -0.2) is 46.2 Å². The molecule has 0 aliphatic carbocycles. The van der Waals surface area contributed by atoms with Crippen LogP contribution in [0.25, 0.3) is 22.3 Å². The summed E-state index contributed by atoms with van der Waals surface area (Å²) < 4.78 is 2.15. The second-order valence-electron chi connectivity index (χ2n) is 8.57. The number of aliphatic carboxylic acids is 1. The van der Waals surface area contributed by atoms with Gasteiger partial charge in [0, 0.05) is 17.7 Å². The predicted octanol–water partition coefficient (Wildman–Crippen LogP) is 4.22. The molecule has 0 amide bonds. The third-order valence-corrected chi connectivity index (χ3v) is 6.10. The van der Waals surface area contributed by atoms with Crippen molar-refractivity contribution in [3.8, 4) is 0 Å². The molecule has 0 aliphatic heterocycles. The highest BCUT2D eigenvalue weighted by molar-refractivity contribution is 6.25. The standard InChI is InChI=1S/C27H25N7O2/c1-4-21-29-24-16(2)14-17(3)28-26(24)34(21)15-18-10-12-20(13-11-18)22(19-8-6-5-7-9-19)23(27(35)36)25-30-32-33-31-25/h5-14H,4,15H2,1-3H3,(H,35,36)(H,30,31,32,33). The highest BCUT2D eigenvalue weighted by Crippen LogP contribution is 2.31. The van der Waals surface area contributed by atoms with E-state index < -0.39 is 5.97 Å². The van der Waals surface area contributed by atoms with Gasteiger partial charge in [0.25, 0.3) is 0 Å². The van der Waals surface area contributed by atoms with Gasteiger partial charge in [-0.2, -0.15) is 5.21 Å². The molecular formula is C27H25N7O2. The van der Waals surface area contributed by atoms with Crippen molar-refractivity contribution in [1.82, 2.24) is 35.2 Å². The average Bonchev–Trinajstić information content (AvgIpc) is 3.52. The number of carboxylic acid groups (broad SMARTS) is 1. The molecule has 5 rings (SSSR count). The molecule has 0 bridgehead atoms. The highest BCUT2D eigenvalue weighted by atomic mass is 16.4. The minimum Gasteiger partial charge on any atom is -0.478 e. The number of nitrogens with one attached hydrogen (secondary N) is 1. The third-order valence-electron chi connectivity index (χ3n) is 6.10. The number of aromatic amines is 1. The number of benzene rings is 2. The van der Waals surface area contributed by atoms with E-state index in [1.54, 1.807) is 0 Å². The maximum atomic E-state index is 12.3. The lowest BCUT2D eigenvalue weighted by molar-refractivity contribution is -0.130. The van der Waals surface area contributed by atoms with Crippen LogP contribution in [0.4, 0.5) is 0 Å². The summed E-state index contributed by atoms with van der Waals surface area (Å²) in [7, 11) is 0. The van der Waals surface area contributed by atoms with Crippen molar-refractivity contribution in [2.24, 2.45) is 0 Å². The van der Waals surface area contributed by atoms with Crippen molar-refractivity contribution < 1.29 is 9.90 Å². The Balaban J connectivity index is 1.59. The summed E-state index contributed by atoms with van der Waals surface area (Å²) >= 11 is 0. The predicted molar refractivity (Wildman–Crippen MR) is 136 cm³/mol. The number of carbonyl (C=O) groups is 1. The first-order valence-electron chi connectivity index (χ1n) is 11.7. The molecule has 5 aromatic rings. The number of H-pyrrole nitrogens is 1. The van der Waals surface area contributed by atoms with E-state index in [2.05, 4.69) is 45.1 Å². The number of hydrogen-bond acceptors (Lipinski definition) is 6. The van der Waals surface area contributed by atoms with Gasteiger partial charge < -0.3 is 9.67 Å². The number of rotatable bonds is 7. The Bertz CT molecular complexity index is 1570. The fourth-order valence-corrected chi connectivity index (χ4v) is 4.49. The van der Waals surface area contributed by atoms with E-state index in [1.165, 1.54) is 0 Å². The van der Waals surface area contributed by atoms with Crippen LogP contribution in [0, 0.1) is 13.8 Å². The number of nitrogens with zero attached hydrogens (tertiary/aromatic N) is 6. The second-order valence-corrected chi connectivity index (χ2v) is 8.57. The minimum absolute atomic E-state index is 0.0216. The average molecular weight is 480 g/mol. The van der Waals surface area contributed by atoms with E-state index in [0.29, 0.717) is 12.1 Å². The van der Waals surface area contributed by atoms with Crippen LogP contribution in [0.2, 0.25) is 0 Å². The van der Waals surface area contributed by atoms with Crippen LogP contribution >= 0.6 is 0 Å². The van der Waals surface area contributed by atoms with Gasteiger partial charge in [-0.05, 0) is 47.4 Å². The quantitative estimate of drug-likeness (QED) is 0.335. The molecule has 0 atom stereocenters. The monoisotopic (exact) mass is 479 g/mol. The number of aromatic nitrogens is 7. The zero-order valence-electron chi connectivity index (χ0n) is 20.2. The van der Waals surface area contributed by atoms with Crippen molar-refractivity contribution in [3.63, 3.8) is 0 Å². The zero-order valence-corrected chi connectivity index (χ0v) is 20.2. The molecule has 0 unspecified atom stereocenters. The van der Waals surface area contributed by atoms with Crippen LogP contribution in [0.1, 0.15) is 46.5 Å². The summed E-state index contributed by atoms with van der Waals surface area (Å²) in [6.07, 6.45) is 0.792. The lowest BCUT2D eigenvalue weighted by Gasteiger charge is -2.13. The Morgan fingerprint density at radius 2 is 1.72 bits per heavy atom. The molecule has 0 saturated heterocycles. The van der Waals surface area contributed by atoms with Crippen LogP contribution in [0.5, 0.6) is 0 Å². The van der Waals surface area contributed by atoms with Gasteiger partial charge in [-0.1, -0.05) is 61.5 Å². The number of pyridine rings is 1. The molecular weight excluding hydrogens is 454 g/mol. The molecule has 0 aliphatic rings. The Hall–Kier alpha value is -4.66. The van der Waals surface area contributed by atoms with Crippen molar-refractivity contribution in [3.05, 3.63) is 100 Å². The molecule has 0 radical (unpaired) electrons. The molecule has 0 saturated carbocycles. The first-order chi connectivity index (χ1) is 17.5. The Morgan fingerprint density at radius 3 is 2.36 bits per heavy atom. The maximum absolute atomic E-state index is 12.3. The number of imidazole rings is 1. The minimum atomic E-state index is -1.13. The molecule has 9 nitrogen and oxygen atoms in total. The second kappa shape index (κ2) is 9.53. The van der Waals surface area contributed by atoms with Gasteiger partial charge in [0.05, 0.1) is 6.54 Å². The lowest BCUT2D eigenvalue weighted by atomic mass is 9.92. The van der Waals surface area contributed by atoms with Crippen LogP contribution in [-0.2, 0) is 17.8 Å². The zero-order chi connectivity index (χ0) is 25.2. The Kier molecular flexibility index (Phi) is 6.12. The van der Waals surface area contributed by atoms with E-state index >= 15 is 0 Å². The normalized spacial score (nSPS) is 12.1. The summed E-state index contributed by atoms with van der Waals surface area (Å²) in [5, 5.41) is 23.8.